The Morgan fingerprint density at radius 3 is 1.86 bits per heavy atom. The minimum absolute atomic E-state index is 0. The summed E-state index contributed by atoms with van der Waals surface area (Å²) in [6.45, 7) is 1.67. The Balaban J connectivity index is -0.0000000800. The number of hydrogen-bond donors (Lipinski definition) is 0. The number of hydrogen-bond acceptors (Lipinski definition) is 0. The molecule has 0 rings (SSSR count). The molecule has 0 aromatic carbocycles. The Morgan fingerprint density at radius 1 is 1.43 bits per heavy atom. The van der Waals surface area contributed by atoms with Gasteiger partial charge in [-0.3, -0.25) is 11.8 Å². The van der Waals surface area contributed by atoms with Crippen molar-refractivity contribution < 1.29 is 32.7 Å². The second-order valence-corrected chi connectivity index (χ2v) is 0.500. The van der Waals surface area contributed by atoms with Crippen molar-refractivity contribution in [3.8, 4) is 17.8 Å². The topological polar surface area (TPSA) is 0 Å². The maximum atomic E-state index is 6.18. The van der Waals surface area contributed by atoms with E-state index in [0.717, 1.165) is 0 Å². The van der Waals surface area contributed by atoms with Crippen LogP contribution in [0.4, 0.5) is 0 Å². The zero-order valence-electron chi connectivity index (χ0n) is 4.58. The molecule has 0 fully saturated rings. The summed E-state index contributed by atoms with van der Waals surface area (Å²) in [7, 11) is 0. The third kappa shape index (κ3) is 22.5. The minimum Gasteiger partial charge on any atom is -0.358 e. The Morgan fingerprint density at radius 2 is 1.86 bits per heavy atom. The van der Waals surface area contributed by atoms with Crippen LogP contribution < -0.4 is 0 Å². The first-order chi connectivity index (χ1) is 2.41. The van der Waals surface area contributed by atoms with E-state index in [4.69, 9.17) is 6.42 Å². The molecule has 0 aromatic rings. The summed E-state index contributed by atoms with van der Waals surface area (Å²) < 4.78 is 0. The largest absolute Gasteiger partial charge is 0.358 e. The van der Waals surface area contributed by atoms with Gasteiger partial charge in [0.15, 0.2) is 0 Å². The first-order valence-corrected chi connectivity index (χ1v) is 1.25. The summed E-state index contributed by atoms with van der Waals surface area (Å²) in [5.41, 5.74) is 0. The fourth-order valence-corrected chi connectivity index (χ4v) is 0.0625. The molecule has 0 nitrogen and oxygen atoms in total. The molecule has 0 amide bonds. The molecule has 0 aromatic heterocycles. The molecule has 0 unspecified atom stereocenters. The molecule has 0 saturated heterocycles. The molecule has 0 saturated carbocycles. The van der Waals surface area contributed by atoms with Crippen molar-refractivity contribution in [1.82, 2.24) is 0 Å². The monoisotopic (exact) mass is 167 g/mol. The summed E-state index contributed by atoms with van der Waals surface area (Å²) in [6, 6.07) is 0. The van der Waals surface area contributed by atoms with Gasteiger partial charge < -0.3 is 13.9 Å². The van der Waals surface area contributed by atoms with Crippen molar-refractivity contribution in [3.05, 3.63) is 13.9 Å². The standard InChI is InChI=1S/C5H3.CH3.Y/c1-3-5-4-2;;/h1H3;1H3;/q2*-1;. The maximum absolute atomic E-state index is 6.18. The second kappa shape index (κ2) is 16.3. The zero-order chi connectivity index (χ0) is 4.12. The van der Waals surface area contributed by atoms with Crippen LogP contribution in [0.2, 0.25) is 0 Å². The van der Waals surface area contributed by atoms with E-state index >= 15 is 0 Å². The fourth-order valence-electron chi connectivity index (χ4n) is 0.0625. The van der Waals surface area contributed by atoms with Crippen LogP contribution in [0.25, 0.3) is 0 Å². The molecule has 0 spiro atoms. The first kappa shape index (κ1) is 15.7. The smallest absolute Gasteiger partial charge is 0 e. The van der Waals surface area contributed by atoms with E-state index < -0.39 is 0 Å². The molecular weight excluding hydrogens is 161 g/mol. The molecule has 0 atom stereocenters. The van der Waals surface area contributed by atoms with Crippen LogP contribution >= 0.6 is 0 Å². The Kier molecular flexibility index (Phi) is 36.6. The van der Waals surface area contributed by atoms with Gasteiger partial charge in [0.2, 0.25) is 0 Å². The van der Waals surface area contributed by atoms with Crippen LogP contribution in [0.15, 0.2) is 0 Å². The van der Waals surface area contributed by atoms with Crippen molar-refractivity contribution in [3.63, 3.8) is 0 Å². The van der Waals surface area contributed by atoms with Gasteiger partial charge in [0.05, 0.1) is 0 Å². The minimum atomic E-state index is 0. The van der Waals surface area contributed by atoms with Crippen molar-refractivity contribution in [2.75, 3.05) is 0 Å². The van der Waals surface area contributed by atoms with E-state index in [9.17, 15) is 0 Å². The third-order valence-electron chi connectivity index (χ3n) is 0.188. The molecule has 1 heteroatoms. The molecule has 0 N–H and O–H groups in total. The van der Waals surface area contributed by atoms with Gasteiger partial charge in [0, 0.05) is 32.7 Å². The Bertz CT molecular complexity index is 97.6. The number of rotatable bonds is 0. The second-order valence-electron chi connectivity index (χ2n) is 0.500. The van der Waals surface area contributed by atoms with Gasteiger partial charge in [-0.25, -0.2) is 5.92 Å². The molecule has 0 bridgehead atoms. The van der Waals surface area contributed by atoms with E-state index in [1.54, 1.807) is 6.92 Å². The van der Waals surface area contributed by atoms with Crippen LogP contribution in [0.5, 0.6) is 0 Å². The van der Waals surface area contributed by atoms with Crippen LogP contribution in [-0.4, -0.2) is 0 Å². The van der Waals surface area contributed by atoms with Gasteiger partial charge >= 0.3 is 0 Å². The SMILES string of the molecule is [C-]#CC#CC.[CH3-].[Y]. The fraction of sp³-hybridized carbons (Fsp3) is 0.167. The summed E-state index contributed by atoms with van der Waals surface area (Å²) in [5, 5.41) is 0. The van der Waals surface area contributed by atoms with Crippen LogP contribution in [-0.2, 0) is 32.7 Å². The molecule has 0 aliphatic heterocycles. The predicted molar refractivity (Wildman–Crippen MR) is 27.0 cm³/mol. The quantitative estimate of drug-likeness (QED) is 0.373. The third-order valence-corrected chi connectivity index (χ3v) is 0.188. The van der Waals surface area contributed by atoms with E-state index in [-0.39, 0.29) is 40.1 Å². The van der Waals surface area contributed by atoms with Crippen molar-refractivity contribution in [1.29, 1.82) is 0 Å². The van der Waals surface area contributed by atoms with Gasteiger partial charge in [0.25, 0.3) is 0 Å². The van der Waals surface area contributed by atoms with Crippen LogP contribution in [0.3, 0.4) is 0 Å². The van der Waals surface area contributed by atoms with Crippen molar-refractivity contribution in [2.24, 2.45) is 0 Å². The van der Waals surface area contributed by atoms with E-state index in [0.29, 0.717) is 0 Å². The molecular formula is C6H6Y-2. The van der Waals surface area contributed by atoms with Gasteiger partial charge in [-0.15, -0.1) is 0 Å². The summed E-state index contributed by atoms with van der Waals surface area (Å²) in [6.07, 6.45) is 6.18. The van der Waals surface area contributed by atoms with Gasteiger partial charge in [0.1, 0.15) is 0 Å². The Labute approximate surface area is 71.0 Å². The molecule has 0 heterocycles. The van der Waals surface area contributed by atoms with Crippen LogP contribution in [0, 0.1) is 31.6 Å². The van der Waals surface area contributed by atoms with Gasteiger partial charge in [-0.05, 0) is 6.92 Å². The van der Waals surface area contributed by atoms with Crippen LogP contribution in [0.1, 0.15) is 6.92 Å². The van der Waals surface area contributed by atoms with E-state index in [1.807, 2.05) is 5.92 Å². The molecule has 1 radical (unpaired) electrons. The normalized spacial score (nSPS) is 2.29. The predicted octanol–water partition coefficient (Wildman–Crippen LogP) is 1.05. The Hall–Kier alpha value is 0.224. The molecule has 7 heavy (non-hydrogen) atoms. The first-order valence-electron chi connectivity index (χ1n) is 1.25. The van der Waals surface area contributed by atoms with Crippen molar-refractivity contribution in [2.45, 2.75) is 6.92 Å². The summed E-state index contributed by atoms with van der Waals surface area (Å²) in [4.78, 5) is 0. The van der Waals surface area contributed by atoms with Gasteiger partial charge in [-0.1, -0.05) is 0 Å². The molecule has 0 aliphatic rings. The maximum Gasteiger partial charge on any atom is 0 e. The van der Waals surface area contributed by atoms with E-state index in [2.05, 4.69) is 11.8 Å². The molecule has 35 valence electrons. The summed E-state index contributed by atoms with van der Waals surface area (Å²) >= 11 is 0. The van der Waals surface area contributed by atoms with E-state index in [1.165, 1.54) is 0 Å². The zero-order valence-corrected chi connectivity index (χ0v) is 7.42. The average Bonchev–Trinajstić information content (AvgIpc) is 1.41. The molecule has 0 aliphatic carbocycles. The summed E-state index contributed by atoms with van der Waals surface area (Å²) in [5.74, 6) is 6.65. The average molecular weight is 167 g/mol. The van der Waals surface area contributed by atoms with Crippen molar-refractivity contribution >= 4 is 0 Å². The van der Waals surface area contributed by atoms with Gasteiger partial charge in [-0.2, -0.15) is 0 Å².